The van der Waals surface area contributed by atoms with E-state index in [9.17, 15) is 0 Å². The Balaban J connectivity index is 1.32. The van der Waals surface area contributed by atoms with Crippen LogP contribution in [0, 0.1) is 0 Å². The highest BCUT2D eigenvalue weighted by atomic mass is 16.5. The van der Waals surface area contributed by atoms with Gasteiger partial charge in [0.1, 0.15) is 5.75 Å². The average Bonchev–Trinajstić information content (AvgIpc) is 2.74. The summed E-state index contributed by atoms with van der Waals surface area (Å²) in [4.78, 5) is 5.26. The molecule has 2 unspecified atom stereocenters. The number of rotatable bonds is 5. The fraction of sp³-hybridized carbons (Fsp3) is 0.520. The molecule has 0 bridgehead atoms. The Kier molecular flexibility index (Phi) is 6.53. The first-order valence-corrected chi connectivity index (χ1v) is 11.0. The van der Waals surface area contributed by atoms with E-state index in [1.807, 2.05) is 12.1 Å². The maximum absolute atomic E-state index is 5.90. The van der Waals surface area contributed by atoms with Crippen LogP contribution in [-0.2, 0) is 11.3 Å². The SMILES string of the molecule is COc1ccccc1-c1ccc(CN2CCC(N3CC(C)OC(C)C3)CC2)cc1. The zero-order valence-electron chi connectivity index (χ0n) is 18.0. The van der Waals surface area contributed by atoms with Crippen molar-refractivity contribution in [1.82, 2.24) is 9.80 Å². The number of piperidine rings is 1. The van der Waals surface area contributed by atoms with Crippen molar-refractivity contribution in [3.63, 3.8) is 0 Å². The second-order valence-corrected chi connectivity index (χ2v) is 8.62. The predicted octanol–water partition coefficient (Wildman–Crippen LogP) is 4.44. The van der Waals surface area contributed by atoms with Gasteiger partial charge in [0.2, 0.25) is 0 Å². The monoisotopic (exact) mass is 394 g/mol. The van der Waals surface area contributed by atoms with Gasteiger partial charge in [0.25, 0.3) is 0 Å². The highest BCUT2D eigenvalue weighted by Gasteiger charge is 2.30. The Morgan fingerprint density at radius 1 is 0.931 bits per heavy atom. The van der Waals surface area contributed by atoms with Crippen molar-refractivity contribution < 1.29 is 9.47 Å². The van der Waals surface area contributed by atoms with E-state index >= 15 is 0 Å². The largest absolute Gasteiger partial charge is 0.496 e. The van der Waals surface area contributed by atoms with Gasteiger partial charge < -0.3 is 9.47 Å². The maximum atomic E-state index is 5.90. The molecule has 0 amide bonds. The third-order valence-corrected chi connectivity index (χ3v) is 6.30. The number of nitrogens with zero attached hydrogens (tertiary/aromatic N) is 2. The second kappa shape index (κ2) is 9.29. The molecule has 156 valence electrons. The van der Waals surface area contributed by atoms with E-state index < -0.39 is 0 Å². The quantitative estimate of drug-likeness (QED) is 0.749. The van der Waals surface area contributed by atoms with Crippen molar-refractivity contribution in [3.05, 3.63) is 54.1 Å². The van der Waals surface area contributed by atoms with Crippen LogP contribution in [0.4, 0.5) is 0 Å². The van der Waals surface area contributed by atoms with Gasteiger partial charge in [-0.1, -0.05) is 42.5 Å². The molecule has 2 heterocycles. The molecule has 2 atom stereocenters. The zero-order valence-corrected chi connectivity index (χ0v) is 18.0. The minimum atomic E-state index is 0.360. The summed E-state index contributed by atoms with van der Waals surface area (Å²) in [6.07, 6.45) is 3.24. The molecule has 2 fully saturated rings. The summed E-state index contributed by atoms with van der Waals surface area (Å²) in [6, 6.07) is 17.9. The van der Waals surface area contributed by atoms with Crippen LogP contribution >= 0.6 is 0 Å². The molecular weight excluding hydrogens is 360 g/mol. The first kappa shape index (κ1) is 20.4. The number of ether oxygens (including phenoxy) is 2. The third kappa shape index (κ3) is 5.00. The van der Waals surface area contributed by atoms with E-state index in [4.69, 9.17) is 9.47 Å². The molecular formula is C25H34N2O2. The van der Waals surface area contributed by atoms with E-state index in [1.165, 1.54) is 37.1 Å². The summed E-state index contributed by atoms with van der Waals surface area (Å²) in [5, 5.41) is 0. The van der Waals surface area contributed by atoms with Crippen molar-refractivity contribution in [1.29, 1.82) is 0 Å². The van der Waals surface area contributed by atoms with E-state index in [0.29, 0.717) is 18.2 Å². The Morgan fingerprint density at radius 2 is 1.59 bits per heavy atom. The number of hydrogen-bond acceptors (Lipinski definition) is 4. The Hall–Kier alpha value is -1.88. The van der Waals surface area contributed by atoms with Crippen molar-refractivity contribution >= 4 is 0 Å². The van der Waals surface area contributed by atoms with Crippen LogP contribution in [0.5, 0.6) is 5.75 Å². The fourth-order valence-corrected chi connectivity index (χ4v) is 4.89. The number of methoxy groups -OCH3 is 1. The standard InChI is InChI=1S/C25H34N2O2/c1-19-16-27(17-20(2)29-19)23-12-14-26(15-13-23)18-21-8-10-22(11-9-21)24-6-4-5-7-25(24)28-3/h4-11,19-20,23H,12-18H2,1-3H3. The maximum Gasteiger partial charge on any atom is 0.126 e. The van der Waals surface area contributed by atoms with E-state index in [1.54, 1.807) is 7.11 Å². The van der Waals surface area contributed by atoms with E-state index in [2.05, 4.69) is 60.0 Å². The van der Waals surface area contributed by atoms with Crippen LogP contribution in [0.3, 0.4) is 0 Å². The Bertz CT molecular complexity index is 774. The summed E-state index contributed by atoms with van der Waals surface area (Å²) in [5.74, 6) is 0.925. The molecule has 2 aliphatic rings. The number of likely N-dealkylation sites (tertiary alicyclic amines) is 1. The first-order valence-electron chi connectivity index (χ1n) is 11.0. The smallest absolute Gasteiger partial charge is 0.126 e. The van der Waals surface area contributed by atoms with Crippen molar-refractivity contribution in [3.8, 4) is 16.9 Å². The van der Waals surface area contributed by atoms with Gasteiger partial charge in [-0.2, -0.15) is 0 Å². The molecule has 4 rings (SSSR count). The van der Waals surface area contributed by atoms with E-state index in [-0.39, 0.29) is 0 Å². The molecule has 2 aliphatic heterocycles. The molecule has 29 heavy (non-hydrogen) atoms. The average molecular weight is 395 g/mol. The highest BCUT2D eigenvalue weighted by molar-refractivity contribution is 5.70. The summed E-state index contributed by atoms with van der Waals surface area (Å²) in [7, 11) is 1.73. The molecule has 4 nitrogen and oxygen atoms in total. The van der Waals surface area contributed by atoms with Crippen LogP contribution < -0.4 is 4.74 Å². The lowest BCUT2D eigenvalue weighted by atomic mass is 10.00. The van der Waals surface area contributed by atoms with Crippen LogP contribution in [0.2, 0.25) is 0 Å². The van der Waals surface area contributed by atoms with Gasteiger partial charge in [-0.15, -0.1) is 0 Å². The van der Waals surface area contributed by atoms with Crippen molar-refractivity contribution in [2.75, 3.05) is 33.3 Å². The molecule has 0 radical (unpaired) electrons. The minimum Gasteiger partial charge on any atom is -0.496 e. The van der Waals surface area contributed by atoms with Gasteiger partial charge in [-0.3, -0.25) is 9.80 Å². The molecule has 2 saturated heterocycles. The summed E-state index contributed by atoms with van der Waals surface area (Å²) in [5.41, 5.74) is 3.74. The number of benzene rings is 2. The van der Waals surface area contributed by atoms with Gasteiger partial charge >= 0.3 is 0 Å². The Morgan fingerprint density at radius 3 is 2.24 bits per heavy atom. The number of para-hydroxylation sites is 1. The molecule has 2 aromatic rings. The lowest BCUT2D eigenvalue weighted by Crippen LogP contribution is -2.53. The molecule has 2 aromatic carbocycles. The molecule has 4 heteroatoms. The predicted molar refractivity (Wildman–Crippen MR) is 118 cm³/mol. The van der Waals surface area contributed by atoms with Crippen LogP contribution in [0.1, 0.15) is 32.3 Å². The topological polar surface area (TPSA) is 24.9 Å². The molecule has 0 spiro atoms. The minimum absolute atomic E-state index is 0.360. The van der Waals surface area contributed by atoms with Crippen LogP contribution in [0.15, 0.2) is 48.5 Å². The molecule has 0 N–H and O–H groups in total. The van der Waals surface area contributed by atoms with E-state index in [0.717, 1.165) is 30.9 Å². The third-order valence-electron chi connectivity index (χ3n) is 6.30. The number of hydrogen-bond donors (Lipinski definition) is 0. The Labute approximate surface area is 175 Å². The first-order chi connectivity index (χ1) is 14.1. The normalized spacial score (nSPS) is 24.5. The van der Waals surface area contributed by atoms with Crippen molar-refractivity contribution in [2.45, 2.75) is 51.5 Å². The fourth-order valence-electron chi connectivity index (χ4n) is 4.89. The van der Waals surface area contributed by atoms with Crippen LogP contribution in [-0.4, -0.2) is 61.3 Å². The zero-order chi connectivity index (χ0) is 20.2. The summed E-state index contributed by atoms with van der Waals surface area (Å²) >= 11 is 0. The van der Waals surface area contributed by atoms with Gasteiger partial charge in [-0.05, 0) is 57.0 Å². The second-order valence-electron chi connectivity index (χ2n) is 8.62. The molecule has 0 aromatic heterocycles. The lowest BCUT2D eigenvalue weighted by Gasteiger charge is -2.43. The molecule has 0 aliphatic carbocycles. The lowest BCUT2D eigenvalue weighted by molar-refractivity contribution is -0.0865. The van der Waals surface area contributed by atoms with Gasteiger partial charge in [0.05, 0.1) is 19.3 Å². The van der Waals surface area contributed by atoms with Gasteiger partial charge in [0, 0.05) is 31.2 Å². The van der Waals surface area contributed by atoms with Crippen LogP contribution in [0.25, 0.3) is 11.1 Å². The summed E-state index contributed by atoms with van der Waals surface area (Å²) < 4.78 is 11.4. The summed E-state index contributed by atoms with van der Waals surface area (Å²) in [6.45, 7) is 9.96. The van der Waals surface area contributed by atoms with Gasteiger partial charge in [0.15, 0.2) is 0 Å². The van der Waals surface area contributed by atoms with Crippen molar-refractivity contribution in [2.24, 2.45) is 0 Å². The highest BCUT2D eigenvalue weighted by Crippen LogP contribution is 2.30. The number of morpholine rings is 1. The molecule has 0 saturated carbocycles. The van der Waals surface area contributed by atoms with Gasteiger partial charge in [-0.25, -0.2) is 0 Å².